The smallest absolute Gasteiger partial charge is 0.176 e. The van der Waals surface area contributed by atoms with E-state index < -0.39 is 9.84 Å². The van der Waals surface area contributed by atoms with Gasteiger partial charge in [0.1, 0.15) is 0 Å². The third-order valence-electron chi connectivity index (χ3n) is 2.07. The Morgan fingerprint density at radius 2 is 2.07 bits per heavy atom. The molecule has 0 spiro atoms. The van der Waals surface area contributed by atoms with Crippen LogP contribution in [0.4, 0.5) is 0 Å². The number of nitrogens with two attached hydrogens (primary N) is 1. The molecule has 0 aliphatic rings. The van der Waals surface area contributed by atoms with Gasteiger partial charge < -0.3 is 5.73 Å². The maximum atomic E-state index is 11.3. The van der Waals surface area contributed by atoms with Gasteiger partial charge in [0.05, 0.1) is 4.90 Å². The van der Waals surface area contributed by atoms with E-state index in [9.17, 15) is 8.42 Å². The summed E-state index contributed by atoms with van der Waals surface area (Å²) in [5.74, 6) is 0. The first-order valence-corrected chi connectivity index (χ1v) is 7.32. The summed E-state index contributed by atoms with van der Waals surface area (Å²) in [6.07, 6.45) is 2.98. The molecule has 84 valence electrons. The lowest BCUT2D eigenvalue weighted by Gasteiger charge is -2.05. The second-order valence-electron chi connectivity index (χ2n) is 3.43. The van der Waals surface area contributed by atoms with Crippen molar-refractivity contribution in [3.8, 4) is 0 Å². The van der Waals surface area contributed by atoms with Gasteiger partial charge >= 0.3 is 0 Å². The molecule has 0 saturated carbocycles. The first kappa shape index (κ1) is 12.7. The summed E-state index contributed by atoms with van der Waals surface area (Å²) >= 11 is 3.26. The molecule has 0 aliphatic heterocycles. The molecule has 3 nitrogen and oxygen atoms in total. The van der Waals surface area contributed by atoms with Crippen molar-refractivity contribution in [2.45, 2.75) is 17.7 Å². The van der Waals surface area contributed by atoms with Gasteiger partial charge in [-0.2, -0.15) is 0 Å². The number of hydrogen-bond acceptors (Lipinski definition) is 3. The molecule has 0 aliphatic carbocycles. The standard InChI is InChI=1S/C10H14BrNO2S/c1-15(13,14)10-5-4-8(3-2-6-12)7-9(10)11/h4-5,7H,2-3,6,12H2,1H3. The highest BCUT2D eigenvalue weighted by molar-refractivity contribution is 9.10. The minimum Gasteiger partial charge on any atom is -0.330 e. The number of rotatable bonds is 4. The van der Waals surface area contributed by atoms with Crippen LogP contribution in [0.2, 0.25) is 0 Å². The summed E-state index contributed by atoms with van der Waals surface area (Å²) in [5.41, 5.74) is 6.50. The minimum atomic E-state index is -3.14. The fourth-order valence-electron chi connectivity index (χ4n) is 1.31. The van der Waals surface area contributed by atoms with Crippen molar-refractivity contribution in [2.75, 3.05) is 12.8 Å². The first-order valence-electron chi connectivity index (χ1n) is 4.63. The number of halogens is 1. The molecule has 0 atom stereocenters. The minimum absolute atomic E-state index is 0.332. The predicted octanol–water partition coefficient (Wildman–Crippen LogP) is 1.74. The van der Waals surface area contributed by atoms with Crippen LogP contribution in [0.3, 0.4) is 0 Å². The lowest BCUT2D eigenvalue weighted by molar-refractivity contribution is 0.601. The van der Waals surface area contributed by atoms with Crippen LogP contribution < -0.4 is 5.73 Å². The topological polar surface area (TPSA) is 60.2 Å². The zero-order valence-corrected chi connectivity index (χ0v) is 10.9. The molecule has 1 aromatic rings. The van der Waals surface area contributed by atoms with Gasteiger partial charge in [-0.25, -0.2) is 8.42 Å². The van der Waals surface area contributed by atoms with Gasteiger partial charge in [-0.1, -0.05) is 6.07 Å². The number of benzene rings is 1. The summed E-state index contributed by atoms with van der Waals surface area (Å²) < 4.78 is 23.3. The highest BCUT2D eigenvalue weighted by Crippen LogP contribution is 2.23. The predicted molar refractivity (Wildman–Crippen MR) is 64.6 cm³/mol. The van der Waals surface area contributed by atoms with Crippen molar-refractivity contribution in [1.29, 1.82) is 0 Å². The van der Waals surface area contributed by atoms with Crippen LogP contribution in [-0.2, 0) is 16.3 Å². The lowest BCUT2D eigenvalue weighted by atomic mass is 10.1. The molecule has 1 rings (SSSR count). The third kappa shape index (κ3) is 3.59. The summed E-state index contributed by atoms with van der Waals surface area (Å²) in [6.45, 7) is 0.644. The molecule has 0 bridgehead atoms. The van der Waals surface area contributed by atoms with E-state index in [1.165, 1.54) is 6.26 Å². The molecular weight excluding hydrogens is 278 g/mol. The number of sulfone groups is 1. The average molecular weight is 292 g/mol. The SMILES string of the molecule is CS(=O)(=O)c1ccc(CCCN)cc1Br. The molecule has 0 fully saturated rings. The zero-order valence-electron chi connectivity index (χ0n) is 8.53. The van der Waals surface area contributed by atoms with Gasteiger partial charge in [-0.3, -0.25) is 0 Å². The Balaban J connectivity index is 2.99. The normalized spacial score (nSPS) is 11.7. The molecule has 0 aromatic heterocycles. The molecule has 5 heteroatoms. The second kappa shape index (κ2) is 5.09. The van der Waals surface area contributed by atoms with Gasteiger partial charge in [-0.05, 0) is 53.0 Å². The Kier molecular flexibility index (Phi) is 4.31. The van der Waals surface area contributed by atoms with E-state index in [-0.39, 0.29) is 0 Å². The average Bonchev–Trinajstić information content (AvgIpc) is 2.12. The Hall–Kier alpha value is -0.390. The molecule has 2 N–H and O–H groups in total. The first-order chi connectivity index (χ1) is 6.95. The van der Waals surface area contributed by atoms with Crippen molar-refractivity contribution in [2.24, 2.45) is 5.73 Å². The molecule has 15 heavy (non-hydrogen) atoms. The number of aryl methyl sites for hydroxylation is 1. The Labute approximate surface area is 98.7 Å². The van der Waals surface area contributed by atoms with Crippen molar-refractivity contribution in [3.05, 3.63) is 28.2 Å². The van der Waals surface area contributed by atoms with Gasteiger partial charge in [-0.15, -0.1) is 0 Å². The molecule has 0 unspecified atom stereocenters. The summed E-state index contributed by atoms with van der Waals surface area (Å²) in [7, 11) is -3.14. The summed E-state index contributed by atoms with van der Waals surface area (Å²) in [5, 5.41) is 0. The van der Waals surface area contributed by atoms with Crippen LogP contribution in [-0.4, -0.2) is 21.2 Å². The third-order valence-corrected chi connectivity index (χ3v) is 4.14. The maximum Gasteiger partial charge on any atom is 0.176 e. The number of hydrogen-bond donors (Lipinski definition) is 1. The molecule has 0 heterocycles. The van der Waals surface area contributed by atoms with Gasteiger partial charge in [0.25, 0.3) is 0 Å². The Morgan fingerprint density at radius 3 is 2.53 bits per heavy atom. The van der Waals surface area contributed by atoms with Crippen LogP contribution in [0, 0.1) is 0 Å². The van der Waals surface area contributed by atoms with Gasteiger partial charge in [0.15, 0.2) is 9.84 Å². The molecular formula is C10H14BrNO2S. The van der Waals surface area contributed by atoms with E-state index in [4.69, 9.17) is 5.73 Å². The highest BCUT2D eigenvalue weighted by Gasteiger charge is 2.11. The fourth-order valence-corrected chi connectivity index (χ4v) is 3.34. The van der Waals surface area contributed by atoms with E-state index in [2.05, 4.69) is 15.9 Å². The lowest BCUT2D eigenvalue weighted by Crippen LogP contribution is -2.02. The van der Waals surface area contributed by atoms with Gasteiger partial charge in [0.2, 0.25) is 0 Å². The molecule has 0 saturated heterocycles. The zero-order chi connectivity index (χ0) is 11.5. The maximum absolute atomic E-state index is 11.3. The molecule has 0 amide bonds. The summed E-state index contributed by atoms with van der Waals surface area (Å²) in [6, 6.07) is 5.30. The largest absolute Gasteiger partial charge is 0.330 e. The molecule has 0 radical (unpaired) electrons. The van der Waals surface area contributed by atoms with Crippen molar-refractivity contribution in [1.82, 2.24) is 0 Å². The van der Waals surface area contributed by atoms with Gasteiger partial charge in [0, 0.05) is 10.7 Å². The monoisotopic (exact) mass is 291 g/mol. The molecule has 1 aromatic carbocycles. The van der Waals surface area contributed by atoms with Crippen LogP contribution in [0.5, 0.6) is 0 Å². The van der Waals surface area contributed by atoms with Crippen molar-refractivity contribution >= 4 is 25.8 Å². The summed E-state index contributed by atoms with van der Waals surface area (Å²) in [4.78, 5) is 0.332. The van der Waals surface area contributed by atoms with E-state index in [1.807, 2.05) is 12.1 Å². The Morgan fingerprint density at radius 1 is 1.40 bits per heavy atom. The van der Waals surface area contributed by atoms with E-state index in [1.54, 1.807) is 6.07 Å². The fraction of sp³-hybridized carbons (Fsp3) is 0.400. The quantitative estimate of drug-likeness (QED) is 0.919. The van der Waals surface area contributed by atoms with Crippen LogP contribution in [0.15, 0.2) is 27.6 Å². The van der Waals surface area contributed by atoms with Crippen molar-refractivity contribution < 1.29 is 8.42 Å². The van der Waals surface area contributed by atoms with Crippen LogP contribution in [0.1, 0.15) is 12.0 Å². The van der Waals surface area contributed by atoms with Crippen LogP contribution >= 0.6 is 15.9 Å². The highest BCUT2D eigenvalue weighted by atomic mass is 79.9. The van der Waals surface area contributed by atoms with E-state index >= 15 is 0 Å². The second-order valence-corrected chi connectivity index (χ2v) is 6.27. The Bertz CT molecular complexity index is 443. The van der Waals surface area contributed by atoms with Crippen molar-refractivity contribution in [3.63, 3.8) is 0 Å². The van der Waals surface area contributed by atoms with E-state index in [0.29, 0.717) is 15.9 Å². The van der Waals surface area contributed by atoms with Crippen LogP contribution in [0.25, 0.3) is 0 Å². The van der Waals surface area contributed by atoms with E-state index in [0.717, 1.165) is 18.4 Å².